The van der Waals surface area contributed by atoms with Gasteiger partial charge in [0.25, 0.3) is 5.91 Å². The number of carbonyl (C=O) groups excluding carboxylic acids is 3. The first kappa shape index (κ1) is 20.3. The van der Waals surface area contributed by atoms with Crippen LogP contribution in [0.25, 0.3) is 0 Å². The van der Waals surface area contributed by atoms with E-state index in [0.717, 1.165) is 17.5 Å². The molecule has 0 radical (unpaired) electrons. The summed E-state index contributed by atoms with van der Waals surface area (Å²) in [7, 11) is 0. The number of allylic oxidation sites excluding steroid dienone is 1. The average molecular weight is 401 g/mol. The number of carbonyl (C=O) groups is 3. The van der Waals surface area contributed by atoms with Crippen LogP contribution in [0.4, 0.5) is 4.79 Å². The first-order valence-electron chi connectivity index (χ1n) is 9.50. The van der Waals surface area contributed by atoms with Gasteiger partial charge in [-0.3, -0.25) is 4.79 Å². The molecule has 3 rings (SSSR count). The van der Waals surface area contributed by atoms with Crippen LogP contribution in [0.5, 0.6) is 0 Å². The van der Waals surface area contributed by atoms with E-state index < -0.39 is 11.3 Å². The predicted molar refractivity (Wildman–Crippen MR) is 110 cm³/mol. The number of aryl methyl sites for hydroxylation is 1. The maximum Gasteiger partial charge on any atom is 0.501 e. The molecule has 1 unspecified atom stereocenters. The van der Waals surface area contributed by atoms with Crippen molar-refractivity contribution in [1.82, 2.24) is 10.2 Å². The van der Waals surface area contributed by atoms with Crippen LogP contribution in [0.3, 0.4) is 0 Å². The van der Waals surface area contributed by atoms with Gasteiger partial charge in [0.05, 0.1) is 6.54 Å². The molecule has 0 saturated carbocycles. The Morgan fingerprint density at radius 3 is 2.64 bits per heavy atom. The molecule has 28 heavy (non-hydrogen) atoms. The number of amides is 4. The Hall–Kier alpha value is -2.41. The smallest absolute Gasteiger partial charge is 0.349 e. The number of rotatable bonds is 7. The molecule has 1 atom stereocenters. The number of nitrogens with zero attached hydrogens (tertiary/aromatic N) is 2. The summed E-state index contributed by atoms with van der Waals surface area (Å²) in [5.74, 6) is -0.0535. The van der Waals surface area contributed by atoms with E-state index in [1.165, 1.54) is 21.2 Å². The first-order valence-corrected chi connectivity index (χ1v) is 10.4. The average Bonchev–Trinajstić information content (AvgIpc) is 3.14. The number of imide groups is 1. The lowest BCUT2D eigenvalue weighted by molar-refractivity contribution is -0.426. The second kappa shape index (κ2) is 8.73. The summed E-state index contributed by atoms with van der Waals surface area (Å²) in [5, 5.41) is 4.24. The number of hydrogen-bond donors (Lipinski definition) is 1. The Morgan fingerprint density at radius 1 is 1.25 bits per heavy atom. The standard InChI is InChI=1S/C21H25N3O3S/c1-14(2)8-10-23-20(26)19-17(9-11-28-19)24(21(23)27)13-18(25)22-12-16-6-4-15(3)5-7-16/h4-7,9,11,14,19H,8,10,12-13H2,1-3H3/p+1. The van der Waals surface area contributed by atoms with Crippen molar-refractivity contribution in [2.24, 2.45) is 5.92 Å². The van der Waals surface area contributed by atoms with Gasteiger partial charge < -0.3 is 5.32 Å². The number of benzene rings is 1. The third-order valence-corrected chi connectivity index (χ3v) is 5.84. The van der Waals surface area contributed by atoms with Gasteiger partial charge in [-0.25, -0.2) is 4.79 Å². The summed E-state index contributed by atoms with van der Waals surface area (Å²) in [4.78, 5) is 39.4. The Kier molecular flexibility index (Phi) is 6.34. The monoisotopic (exact) mass is 400 g/mol. The van der Waals surface area contributed by atoms with E-state index in [-0.39, 0.29) is 18.4 Å². The highest BCUT2D eigenvalue weighted by atomic mass is 32.2. The zero-order chi connectivity index (χ0) is 20.3. The van der Waals surface area contributed by atoms with Gasteiger partial charge in [0, 0.05) is 6.54 Å². The number of hydrogen-bond acceptors (Lipinski definition) is 4. The molecule has 0 fully saturated rings. The summed E-state index contributed by atoms with van der Waals surface area (Å²) in [6.45, 7) is 6.81. The summed E-state index contributed by atoms with van der Waals surface area (Å²) in [6, 6.07) is 7.52. The van der Waals surface area contributed by atoms with Crippen molar-refractivity contribution >= 4 is 35.3 Å². The van der Waals surface area contributed by atoms with E-state index in [2.05, 4.69) is 19.2 Å². The third kappa shape index (κ3) is 4.52. The fraction of sp³-hybridized carbons (Fsp3) is 0.429. The topological polar surface area (TPSA) is 69.5 Å². The molecular weight excluding hydrogens is 374 g/mol. The van der Waals surface area contributed by atoms with Gasteiger partial charge in [-0.2, -0.15) is 14.3 Å². The minimum Gasteiger partial charge on any atom is -0.349 e. The van der Waals surface area contributed by atoms with E-state index in [9.17, 15) is 14.4 Å². The largest absolute Gasteiger partial charge is 0.501 e. The summed E-state index contributed by atoms with van der Waals surface area (Å²) < 4.78 is 1.44. The molecular formula is C21H26N3O3S+. The molecule has 6 nitrogen and oxygen atoms in total. The summed E-state index contributed by atoms with van der Waals surface area (Å²) in [6.07, 6.45) is 2.50. The zero-order valence-electron chi connectivity index (χ0n) is 16.5. The van der Waals surface area contributed by atoms with Gasteiger partial charge >= 0.3 is 11.9 Å². The Bertz CT molecular complexity index is 843. The molecule has 4 amide bonds. The lowest BCUT2D eigenvalue weighted by atomic mass is 10.1. The molecule has 2 aliphatic rings. The Labute approximate surface area is 169 Å². The van der Waals surface area contributed by atoms with E-state index in [1.54, 1.807) is 6.08 Å². The van der Waals surface area contributed by atoms with Crippen LogP contribution >= 0.6 is 11.8 Å². The highest BCUT2D eigenvalue weighted by Crippen LogP contribution is 2.28. The molecule has 148 valence electrons. The highest BCUT2D eigenvalue weighted by molar-refractivity contribution is 8.04. The third-order valence-electron chi connectivity index (χ3n) is 4.83. The first-order chi connectivity index (χ1) is 13.4. The lowest BCUT2D eigenvalue weighted by Crippen LogP contribution is -2.56. The van der Waals surface area contributed by atoms with Gasteiger partial charge in [-0.1, -0.05) is 43.7 Å². The molecule has 0 bridgehead atoms. The molecule has 2 aliphatic heterocycles. The predicted octanol–water partition coefficient (Wildman–Crippen LogP) is 2.70. The van der Waals surface area contributed by atoms with Crippen molar-refractivity contribution in [1.29, 1.82) is 0 Å². The summed E-state index contributed by atoms with van der Waals surface area (Å²) >= 11 is 1.38. The van der Waals surface area contributed by atoms with Crippen LogP contribution in [-0.2, 0) is 16.1 Å². The van der Waals surface area contributed by atoms with Crippen molar-refractivity contribution in [3.05, 3.63) is 46.9 Å². The maximum atomic E-state index is 12.9. The Morgan fingerprint density at radius 2 is 1.96 bits per heavy atom. The SMILES string of the molecule is Cc1ccc(CNC(=O)C[N+]2=C3C=CSC3C(=O)N(CCC(C)C)C2=O)cc1. The zero-order valence-corrected chi connectivity index (χ0v) is 17.3. The Balaban J connectivity index is 1.70. The van der Waals surface area contributed by atoms with Crippen LogP contribution in [0, 0.1) is 12.8 Å². The fourth-order valence-corrected chi connectivity index (χ4v) is 4.08. The highest BCUT2D eigenvalue weighted by Gasteiger charge is 2.49. The van der Waals surface area contributed by atoms with Gasteiger partial charge in [-0.05, 0) is 36.3 Å². The van der Waals surface area contributed by atoms with Crippen molar-refractivity contribution in [3.63, 3.8) is 0 Å². The van der Waals surface area contributed by atoms with Crippen LogP contribution in [0.15, 0.2) is 35.7 Å². The normalized spacial score (nSPS) is 18.9. The van der Waals surface area contributed by atoms with Gasteiger partial charge in [-0.15, -0.1) is 11.8 Å². The van der Waals surface area contributed by atoms with Gasteiger partial charge in [0.1, 0.15) is 5.71 Å². The number of fused-ring (bicyclic) bond motifs is 1. The minimum absolute atomic E-state index is 0.0904. The second-order valence-electron chi connectivity index (χ2n) is 7.55. The molecule has 0 aromatic heterocycles. The molecule has 0 spiro atoms. The van der Waals surface area contributed by atoms with Gasteiger partial charge in [0.15, 0.2) is 11.8 Å². The van der Waals surface area contributed by atoms with Crippen molar-refractivity contribution in [3.8, 4) is 0 Å². The second-order valence-corrected chi connectivity index (χ2v) is 8.56. The number of nitrogens with one attached hydrogen (secondary N) is 1. The minimum atomic E-state index is -0.435. The van der Waals surface area contributed by atoms with Crippen molar-refractivity contribution in [2.45, 2.75) is 39.0 Å². The van der Waals surface area contributed by atoms with Crippen molar-refractivity contribution in [2.75, 3.05) is 13.1 Å². The number of thioether (sulfide) groups is 1. The fourth-order valence-electron chi connectivity index (χ4n) is 3.11. The van der Waals surface area contributed by atoms with E-state index in [0.29, 0.717) is 24.7 Å². The molecule has 1 N–H and O–H groups in total. The van der Waals surface area contributed by atoms with Crippen LogP contribution in [0.1, 0.15) is 31.4 Å². The molecule has 1 aromatic rings. The van der Waals surface area contributed by atoms with Crippen molar-refractivity contribution < 1.29 is 19.0 Å². The maximum absolute atomic E-state index is 12.9. The molecule has 2 heterocycles. The molecule has 0 saturated heterocycles. The number of urea groups is 1. The van der Waals surface area contributed by atoms with E-state index in [1.807, 2.05) is 36.6 Å². The summed E-state index contributed by atoms with van der Waals surface area (Å²) in [5.41, 5.74) is 2.76. The lowest BCUT2D eigenvalue weighted by Gasteiger charge is -2.24. The van der Waals surface area contributed by atoms with Gasteiger partial charge in [0.2, 0.25) is 0 Å². The quantitative estimate of drug-likeness (QED) is 0.715. The van der Waals surface area contributed by atoms with Crippen LogP contribution in [0.2, 0.25) is 0 Å². The molecule has 0 aliphatic carbocycles. The van der Waals surface area contributed by atoms with Crippen LogP contribution < -0.4 is 5.32 Å². The van der Waals surface area contributed by atoms with E-state index >= 15 is 0 Å². The molecule has 7 heteroatoms. The van der Waals surface area contributed by atoms with Crippen LogP contribution in [-0.4, -0.2) is 51.4 Å². The molecule has 1 aromatic carbocycles. The van der Waals surface area contributed by atoms with E-state index in [4.69, 9.17) is 0 Å².